The number of fused-ring (bicyclic) bond motifs is 2. The average Bonchev–Trinajstić information content (AvgIpc) is 2.60. The van der Waals surface area contributed by atoms with E-state index in [-0.39, 0.29) is 34.2 Å². The molecule has 0 aliphatic heterocycles. The summed E-state index contributed by atoms with van der Waals surface area (Å²) >= 11 is 0. The Bertz CT molecular complexity index is 1020. The SMILES string of the molecule is O=C1c2ccccc2C(=O)c2[nH]c(=O)c(-c3ccccc3)nc21. The van der Waals surface area contributed by atoms with E-state index in [1.807, 2.05) is 6.07 Å². The molecule has 5 nitrogen and oxygen atoms in total. The molecule has 3 aromatic rings. The van der Waals surface area contributed by atoms with Crippen molar-refractivity contribution in [3.63, 3.8) is 0 Å². The van der Waals surface area contributed by atoms with Gasteiger partial charge in [-0.3, -0.25) is 14.4 Å². The first-order valence-electron chi connectivity index (χ1n) is 7.05. The zero-order valence-electron chi connectivity index (χ0n) is 11.9. The predicted octanol–water partition coefficient (Wildman–Crippen LogP) is 2.21. The zero-order valence-corrected chi connectivity index (χ0v) is 11.9. The third-order valence-electron chi connectivity index (χ3n) is 3.82. The van der Waals surface area contributed by atoms with Gasteiger partial charge in [0.2, 0.25) is 11.6 Å². The highest BCUT2D eigenvalue weighted by atomic mass is 16.1. The summed E-state index contributed by atoms with van der Waals surface area (Å²) in [7, 11) is 0. The van der Waals surface area contributed by atoms with Crippen LogP contribution in [0.1, 0.15) is 32.1 Å². The Morgan fingerprint density at radius 2 is 1.30 bits per heavy atom. The van der Waals surface area contributed by atoms with Crippen molar-refractivity contribution in [2.24, 2.45) is 0 Å². The highest BCUT2D eigenvalue weighted by Crippen LogP contribution is 2.25. The van der Waals surface area contributed by atoms with Gasteiger partial charge >= 0.3 is 0 Å². The summed E-state index contributed by atoms with van der Waals surface area (Å²) in [6, 6.07) is 15.4. The molecule has 4 rings (SSSR count). The summed E-state index contributed by atoms with van der Waals surface area (Å²) in [5, 5.41) is 0. The maximum absolute atomic E-state index is 12.6. The average molecular weight is 302 g/mol. The van der Waals surface area contributed by atoms with E-state index < -0.39 is 5.56 Å². The number of rotatable bonds is 1. The Kier molecular flexibility index (Phi) is 2.81. The quantitative estimate of drug-likeness (QED) is 0.584. The minimum absolute atomic E-state index is 0.00727. The number of nitrogens with zero attached hydrogens (tertiary/aromatic N) is 1. The van der Waals surface area contributed by atoms with E-state index in [0.717, 1.165) is 0 Å². The van der Waals surface area contributed by atoms with Crippen LogP contribution in [0.2, 0.25) is 0 Å². The maximum atomic E-state index is 12.6. The third-order valence-corrected chi connectivity index (χ3v) is 3.82. The molecule has 0 fully saturated rings. The van der Waals surface area contributed by atoms with Gasteiger partial charge in [-0.15, -0.1) is 0 Å². The van der Waals surface area contributed by atoms with Crippen molar-refractivity contribution in [2.45, 2.75) is 0 Å². The first-order valence-corrected chi connectivity index (χ1v) is 7.05. The Morgan fingerprint density at radius 3 is 2.00 bits per heavy atom. The fourth-order valence-electron chi connectivity index (χ4n) is 2.71. The van der Waals surface area contributed by atoms with Crippen molar-refractivity contribution in [1.82, 2.24) is 9.97 Å². The molecule has 0 bridgehead atoms. The van der Waals surface area contributed by atoms with Crippen molar-refractivity contribution in [1.29, 1.82) is 0 Å². The van der Waals surface area contributed by atoms with Gasteiger partial charge in [-0.25, -0.2) is 4.98 Å². The number of hydrogen-bond donors (Lipinski definition) is 1. The van der Waals surface area contributed by atoms with Crippen LogP contribution in [0, 0.1) is 0 Å². The molecule has 0 spiro atoms. The molecule has 0 saturated carbocycles. The van der Waals surface area contributed by atoms with Crippen molar-refractivity contribution in [2.75, 3.05) is 0 Å². The van der Waals surface area contributed by atoms with E-state index in [4.69, 9.17) is 0 Å². The third kappa shape index (κ3) is 1.94. The van der Waals surface area contributed by atoms with Gasteiger partial charge in [0.15, 0.2) is 0 Å². The van der Waals surface area contributed by atoms with Gasteiger partial charge < -0.3 is 4.98 Å². The number of hydrogen-bond acceptors (Lipinski definition) is 4. The molecule has 0 atom stereocenters. The Hall–Kier alpha value is -3.34. The monoisotopic (exact) mass is 302 g/mol. The second-order valence-electron chi connectivity index (χ2n) is 5.21. The van der Waals surface area contributed by atoms with Gasteiger partial charge in [0.25, 0.3) is 5.56 Å². The van der Waals surface area contributed by atoms with Gasteiger partial charge in [-0.05, 0) is 0 Å². The van der Waals surface area contributed by atoms with Gasteiger partial charge in [-0.2, -0.15) is 0 Å². The summed E-state index contributed by atoms with van der Waals surface area (Å²) in [6.07, 6.45) is 0. The van der Waals surface area contributed by atoms with Crippen LogP contribution in [0.15, 0.2) is 59.4 Å². The molecule has 1 N–H and O–H groups in total. The lowest BCUT2D eigenvalue weighted by molar-refractivity contribution is 0.0971. The topological polar surface area (TPSA) is 79.9 Å². The van der Waals surface area contributed by atoms with Crippen LogP contribution in [0.4, 0.5) is 0 Å². The van der Waals surface area contributed by atoms with Gasteiger partial charge in [-0.1, -0.05) is 54.6 Å². The standard InChI is InChI=1S/C18H10N2O3/c21-16-11-8-4-5-9-12(11)17(22)15-14(16)19-13(18(23)20-15)10-6-2-1-3-7-10/h1-9H,(H,20,23). The number of ketones is 2. The Labute approximate surface area is 130 Å². The van der Waals surface area contributed by atoms with E-state index in [1.54, 1.807) is 48.5 Å². The number of benzene rings is 2. The summed E-state index contributed by atoms with van der Waals surface area (Å²) in [5.41, 5.74) is 0.778. The second-order valence-corrected chi connectivity index (χ2v) is 5.21. The van der Waals surface area contributed by atoms with E-state index >= 15 is 0 Å². The van der Waals surface area contributed by atoms with Crippen molar-refractivity contribution in [3.8, 4) is 11.3 Å². The number of aromatic amines is 1. The molecule has 1 aromatic heterocycles. The lowest BCUT2D eigenvalue weighted by Gasteiger charge is -2.16. The summed E-state index contributed by atoms with van der Waals surface area (Å²) in [6.45, 7) is 0. The van der Waals surface area contributed by atoms with E-state index in [1.165, 1.54) is 0 Å². The molecular weight excluding hydrogens is 292 g/mol. The molecule has 1 heterocycles. The highest BCUT2D eigenvalue weighted by Gasteiger charge is 2.32. The summed E-state index contributed by atoms with van der Waals surface area (Å²) in [4.78, 5) is 44.1. The Morgan fingerprint density at radius 1 is 0.696 bits per heavy atom. The lowest BCUT2D eigenvalue weighted by atomic mass is 9.89. The molecular formula is C18H10N2O3. The minimum atomic E-state index is -0.490. The fraction of sp³-hybridized carbons (Fsp3) is 0. The van der Waals surface area contributed by atoms with Crippen molar-refractivity contribution >= 4 is 11.6 Å². The van der Waals surface area contributed by atoms with Crippen LogP contribution in [-0.4, -0.2) is 21.5 Å². The van der Waals surface area contributed by atoms with Crippen molar-refractivity contribution in [3.05, 3.63) is 87.5 Å². The number of aromatic nitrogens is 2. The van der Waals surface area contributed by atoms with E-state index in [2.05, 4.69) is 9.97 Å². The normalized spacial score (nSPS) is 12.7. The minimum Gasteiger partial charge on any atom is -0.315 e. The lowest BCUT2D eigenvalue weighted by Crippen LogP contribution is -2.28. The molecule has 2 aromatic carbocycles. The molecule has 1 aliphatic carbocycles. The first kappa shape index (κ1) is 13.3. The maximum Gasteiger partial charge on any atom is 0.275 e. The highest BCUT2D eigenvalue weighted by molar-refractivity contribution is 6.26. The largest absolute Gasteiger partial charge is 0.315 e. The molecule has 0 saturated heterocycles. The summed E-state index contributed by atoms with van der Waals surface area (Å²) in [5.74, 6) is -0.747. The van der Waals surface area contributed by atoms with E-state index in [9.17, 15) is 14.4 Å². The van der Waals surface area contributed by atoms with Crippen molar-refractivity contribution < 1.29 is 9.59 Å². The Balaban J connectivity index is 1.98. The molecule has 0 amide bonds. The molecule has 1 aliphatic rings. The van der Waals surface area contributed by atoms with Crippen LogP contribution in [0.25, 0.3) is 11.3 Å². The number of carbonyl (C=O) groups is 2. The molecule has 0 unspecified atom stereocenters. The molecule has 110 valence electrons. The zero-order chi connectivity index (χ0) is 16.0. The number of nitrogens with one attached hydrogen (secondary N) is 1. The van der Waals surface area contributed by atoms with Crippen LogP contribution < -0.4 is 5.56 Å². The van der Waals surface area contributed by atoms with Crippen LogP contribution in [-0.2, 0) is 0 Å². The van der Waals surface area contributed by atoms with Gasteiger partial charge in [0, 0.05) is 16.7 Å². The fourth-order valence-corrected chi connectivity index (χ4v) is 2.71. The molecule has 0 radical (unpaired) electrons. The predicted molar refractivity (Wildman–Crippen MR) is 83.6 cm³/mol. The molecule has 23 heavy (non-hydrogen) atoms. The summed E-state index contributed by atoms with van der Waals surface area (Å²) < 4.78 is 0. The van der Waals surface area contributed by atoms with Gasteiger partial charge in [0.1, 0.15) is 17.1 Å². The smallest absolute Gasteiger partial charge is 0.275 e. The van der Waals surface area contributed by atoms with Crippen LogP contribution in [0.3, 0.4) is 0 Å². The second kappa shape index (κ2) is 4.84. The first-order chi connectivity index (χ1) is 11.2. The van der Waals surface area contributed by atoms with Crippen LogP contribution in [0.5, 0.6) is 0 Å². The number of H-pyrrole nitrogens is 1. The number of carbonyl (C=O) groups excluding carboxylic acids is 2. The van der Waals surface area contributed by atoms with E-state index in [0.29, 0.717) is 11.1 Å². The van der Waals surface area contributed by atoms with Gasteiger partial charge in [0.05, 0.1) is 0 Å². The van der Waals surface area contributed by atoms with Crippen LogP contribution >= 0.6 is 0 Å². The molecule has 5 heteroatoms.